The predicted molar refractivity (Wildman–Crippen MR) is 114 cm³/mol. The zero-order valence-electron chi connectivity index (χ0n) is 17.7. The van der Waals surface area contributed by atoms with Crippen molar-refractivity contribution in [2.45, 2.75) is 83.9 Å². The molecule has 1 aromatic rings. The van der Waals surface area contributed by atoms with E-state index in [1.165, 1.54) is 0 Å². The van der Waals surface area contributed by atoms with Crippen LogP contribution in [0.2, 0.25) is 36.3 Å². The van der Waals surface area contributed by atoms with Gasteiger partial charge in [0.1, 0.15) is 19.9 Å². The molecule has 25 heavy (non-hydrogen) atoms. The lowest BCUT2D eigenvalue weighted by Gasteiger charge is -2.40. The zero-order valence-corrected chi connectivity index (χ0v) is 19.7. The van der Waals surface area contributed by atoms with Crippen molar-refractivity contribution in [3.05, 3.63) is 35.4 Å². The Morgan fingerprint density at radius 1 is 1.08 bits per heavy atom. The van der Waals surface area contributed by atoms with E-state index in [0.717, 1.165) is 5.20 Å². The molecule has 0 bridgehead atoms. The first-order chi connectivity index (χ1) is 11.1. The Kier molecular flexibility index (Phi) is 6.43. The molecule has 1 atom stereocenters. The Morgan fingerprint density at radius 2 is 1.64 bits per heavy atom. The summed E-state index contributed by atoms with van der Waals surface area (Å²) < 4.78 is 5.48. The molecule has 1 aromatic heterocycles. The molecule has 0 aliphatic rings. The second kappa shape index (κ2) is 7.30. The van der Waals surface area contributed by atoms with Gasteiger partial charge in [0.05, 0.1) is 14.3 Å². The van der Waals surface area contributed by atoms with Crippen LogP contribution in [-0.2, 0) is 0 Å². The Hall–Kier alpha value is -1.03. The number of hydrogen-bond donors (Lipinski definition) is 1. The molecule has 1 N–H and O–H groups in total. The van der Waals surface area contributed by atoms with E-state index >= 15 is 0 Å². The van der Waals surface area contributed by atoms with Gasteiger partial charge in [-0.25, -0.2) is 0 Å². The lowest BCUT2D eigenvalue weighted by Crippen LogP contribution is -2.42. The molecule has 0 aliphatic carbocycles. The minimum atomic E-state index is -1.93. The van der Waals surface area contributed by atoms with Crippen molar-refractivity contribution in [2.24, 2.45) is 0 Å². The van der Waals surface area contributed by atoms with E-state index in [-0.39, 0.29) is 10.1 Å². The Balaban J connectivity index is 3.39. The van der Waals surface area contributed by atoms with Gasteiger partial charge in [-0.1, -0.05) is 73.7 Å². The first-order valence-corrected chi connectivity index (χ1v) is 15.1. The number of aliphatic hydroxyl groups excluding tert-OH is 1. The van der Waals surface area contributed by atoms with Gasteiger partial charge in [0.2, 0.25) is 0 Å². The van der Waals surface area contributed by atoms with Crippen LogP contribution >= 0.6 is 0 Å². The molecule has 1 unspecified atom stereocenters. The van der Waals surface area contributed by atoms with Gasteiger partial charge < -0.3 is 9.52 Å². The van der Waals surface area contributed by atoms with E-state index in [1.54, 1.807) is 6.26 Å². The van der Waals surface area contributed by atoms with Crippen molar-refractivity contribution in [3.8, 4) is 11.5 Å². The van der Waals surface area contributed by atoms with E-state index in [4.69, 9.17) is 4.42 Å². The van der Waals surface area contributed by atoms with Crippen LogP contribution in [0, 0.1) is 11.5 Å². The van der Waals surface area contributed by atoms with Gasteiger partial charge in [-0.15, -0.1) is 5.54 Å². The molecule has 0 fully saturated rings. The summed E-state index contributed by atoms with van der Waals surface area (Å²) in [6.45, 7) is 22.8. The Morgan fingerprint density at radius 3 is 2.04 bits per heavy atom. The summed E-state index contributed by atoms with van der Waals surface area (Å²) in [5, 5.41) is 12.4. The molecule has 0 aromatic carbocycles. The highest BCUT2D eigenvalue weighted by molar-refractivity contribution is 6.88. The van der Waals surface area contributed by atoms with Crippen molar-refractivity contribution in [1.29, 1.82) is 0 Å². The van der Waals surface area contributed by atoms with Crippen molar-refractivity contribution >= 4 is 16.1 Å². The smallest absolute Gasteiger partial charge is 0.138 e. The molecular weight excluding hydrogens is 340 g/mol. The molecule has 4 heteroatoms. The lowest BCUT2D eigenvalue weighted by molar-refractivity contribution is 0.190. The van der Waals surface area contributed by atoms with Gasteiger partial charge in [-0.2, -0.15) is 0 Å². The van der Waals surface area contributed by atoms with Gasteiger partial charge in [0.15, 0.2) is 0 Å². The maximum absolute atomic E-state index is 11.0. The molecule has 1 rings (SSSR count). The van der Waals surface area contributed by atoms with E-state index in [9.17, 15) is 5.11 Å². The number of allylic oxidation sites excluding steroid dienone is 1. The Bertz CT molecular complexity index is 657. The van der Waals surface area contributed by atoms with Crippen molar-refractivity contribution in [3.63, 3.8) is 0 Å². The summed E-state index contributed by atoms with van der Waals surface area (Å²) in [5.74, 6) is 3.94. The van der Waals surface area contributed by atoms with Crippen molar-refractivity contribution in [2.75, 3.05) is 0 Å². The van der Waals surface area contributed by atoms with Gasteiger partial charge >= 0.3 is 0 Å². The minimum Gasteiger partial charge on any atom is -0.466 e. The average molecular weight is 377 g/mol. The van der Waals surface area contributed by atoms with Crippen LogP contribution in [0.25, 0.3) is 0 Å². The van der Waals surface area contributed by atoms with Crippen LogP contribution in [0.1, 0.15) is 53.4 Å². The van der Waals surface area contributed by atoms with E-state index < -0.39 is 22.3 Å². The average Bonchev–Trinajstić information content (AvgIpc) is 2.94. The SMILES string of the molecule is CC(C)(C)[Si](C)(C)C#C/C=C(/C(O)c1ccco1)[Si](C)(C)C(C)(C)C. The third kappa shape index (κ3) is 5.00. The quantitative estimate of drug-likeness (QED) is 0.493. The summed E-state index contributed by atoms with van der Waals surface area (Å²) in [6, 6.07) is 3.66. The molecule has 0 saturated heterocycles. The summed E-state index contributed by atoms with van der Waals surface area (Å²) in [6.07, 6.45) is 2.89. The van der Waals surface area contributed by atoms with Crippen LogP contribution in [0.3, 0.4) is 0 Å². The normalized spacial score (nSPS) is 15.6. The molecule has 0 aliphatic heterocycles. The van der Waals surface area contributed by atoms with Crippen LogP contribution in [0.5, 0.6) is 0 Å². The summed E-state index contributed by atoms with van der Waals surface area (Å²) in [5.41, 5.74) is 3.55. The lowest BCUT2D eigenvalue weighted by atomic mass is 10.2. The van der Waals surface area contributed by atoms with Crippen LogP contribution in [0.15, 0.2) is 34.1 Å². The van der Waals surface area contributed by atoms with Crippen molar-refractivity contribution < 1.29 is 9.52 Å². The fraction of sp³-hybridized carbons (Fsp3) is 0.619. The molecule has 140 valence electrons. The second-order valence-corrected chi connectivity index (χ2v) is 20.4. The largest absolute Gasteiger partial charge is 0.466 e. The van der Waals surface area contributed by atoms with Gasteiger partial charge in [0.25, 0.3) is 0 Å². The molecular formula is C21H36O2Si2. The minimum absolute atomic E-state index is 0.116. The maximum Gasteiger partial charge on any atom is 0.138 e. The first kappa shape index (κ1) is 22.0. The fourth-order valence-electron chi connectivity index (χ4n) is 2.12. The molecule has 0 spiro atoms. The number of hydrogen-bond acceptors (Lipinski definition) is 2. The predicted octanol–water partition coefficient (Wildman–Crippen LogP) is 6.34. The van der Waals surface area contributed by atoms with Gasteiger partial charge in [-0.05, 0) is 33.5 Å². The molecule has 1 heterocycles. The number of rotatable bonds is 3. The van der Waals surface area contributed by atoms with Crippen molar-refractivity contribution in [1.82, 2.24) is 0 Å². The first-order valence-electron chi connectivity index (χ1n) is 9.06. The van der Waals surface area contributed by atoms with Gasteiger partial charge in [0, 0.05) is 0 Å². The number of furan rings is 1. The van der Waals surface area contributed by atoms with Crippen LogP contribution < -0.4 is 0 Å². The summed E-state index contributed by atoms with van der Waals surface area (Å²) in [4.78, 5) is 0. The maximum atomic E-state index is 11.0. The Labute approximate surface area is 156 Å². The van der Waals surface area contributed by atoms with E-state index in [0.29, 0.717) is 5.76 Å². The highest BCUT2D eigenvalue weighted by atomic mass is 28.3. The monoisotopic (exact) mass is 376 g/mol. The van der Waals surface area contributed by atoms with Crippen LogP contribution in [-0.4, -0.2) is 21.3 Å². The molecule has 0 amide bonds. The zero-order chi connectivity index (χ0) is 19.7. The molecule has 2 nitrogen and oxygen atoms in total. The summed E-state index contributed by atoms with van der Waals surface area (Å²) >= 11 is 0. The van der Waals surface area contributed by atoms with E-state index in [1.807, 2.05) is 18.2 Å². The third-order valence-corrected chi connectivity index (χ3v) is 16.3. The fourth-order valence-corrected chi connectivity index (χ4v) is 5.05. The molecule has 0 saturated carbocycles. The topological polar surface area (TPSA) is 33.4 Å². The summed E-state index contributed by atoms with van der Waals surface area (Å²) in [7, 11) is -3.60. The molecule has 0 radical (unpaired) electrons. The second-order valence-electron chi connectivity index (χ2n) is 10.0. The van der Waals surface area contributed by atoms with E-state index in [2.05, 4.69) is 79.2 Å². The standard InChI is InChI=1S/C21H36O2Si2/c1-20(2,3)24(7,8)16-12-14-18(25(9,10)21(4,5)6)19(22)17-13-11-15-23-17/h11,13-15,19,22H,1-10H3/b18-14-. The highest BCUT2D eigenvalue weighted by Crippen LogP contribution is 2.44. The highest BCUT2D eigenvalue weighted by Gasteiger charge is 2.42. The third-order valence-electron chi connectivity index (χ3n) is 6.19. The van der Waals surface area contributed by atoms with Gasteiger partial charge in [-0.3, -0.25) is 0 Å². The van der Waals surface area contributed by atoms with Crippen LogP contribution in [0.4, 0.5) is 0 Å². The number of aliphatic hydroxyl groups is 1.